The molecule has 3 rings (SSSR count). The van der Waals surface area contributed by atoms with Gasteiger partial charge in [0.05, 0.1) is 5.56 Å². The maximum atomic E-state index is 12.2. The predicted molar refractivity (Wildman–Crippen MR) is 95.3 cm³/mol. The number of rotatable bonds is 4. The van der Waals surface area contributed by atoms with E-state index in [2.05, 4.69) is 20.2 Å². The fourth-order valence-corrected chi connectivity index (χ4v) is 2.99. The Kier molecular flexibility index (Phi) is 5.64. The van der Waals surface area contributed by atoms with E-state index in [1.54, 1.807) is 12.4 Å². The van der Waals surface area contributed by atoms with Gasteiger partial charge in [0.1, 0.15) is 0 Å². The lowest BCUT2D eigenvalue weighted by atomic mass is 10.2. The summed E-state index contributed by atoms with van der Waals surface area (Å²) in [5.41, 5.74) is 1.34. The Morgan fingerprint density at radius 2 is 1.75 bits per heavy atom. The molecule has 1 amide bonds. The third kappa shape index (κ3) is 4.23. The molecule has 0 aliphatic carbocycles. The summed E-state index contributed by atoms with van der Waals surface area (Å²) in [5, 5.41) is 3.49. The van der Waals surface area contributed by atoms with Gasteiger partial charge in [0.2, 0.25) is 5.95 Å². The van der Waals surface area contributed by atoms with E-state index >= 15 is 0 Å². The highest BCUT2D eigenvalue weighted by molar-refractivity contribution is 6.31. The first-order valence-corrected chi connectivity index (χ1v) is 8.70. The molecule has 1 aromatic carbocycles. The van der Waals surface area contributed by atoms with Gasteiger partial charge in [-0.2, -0.15) is 0 Å². The van der Waals surface area contributed by atoms with E-state index in [-0.39, 0.29) is 5.91 Å². The Balaban J connectivity index is 1.60. The molecule has 126 valence electrons. The summed E-state index contributed by atoms with van der Waals surface area (Å²) in [7, 11) is 0. The van der Waals surface area contributed by atoms with Gasteiger partial charge in [0.25, 0.3) is 5.91 Å². The number of nitrogens with one attached hydrogen (secondary N) is 1. The second-order valence-corrected chi connectivity index (χ2v) is 6.35. The number of nitrogens with zero attached hydrogens (tertiary/aromatic N) is 3. The van der Waals surface area contributed by atoms with Crippen LogP contribution < -0.4 is 10.2 Å². The van der Waals surface area contributed by atoms with E-state index in [1.807, 2.05) is 24.3 Å². The molecule has 0 atom stereocenters. The van der Waals surface area contributed by atoms with E-state index in [0.717, 1.165) is 18.7 Å². The lowest BCUT2D eigenvalue weighted by Crippen LogP contribution is -2.27. The molecule has 1 aliphatic rings. The number of hydrogen-bond donors (Lipinski definition) is 1. The van der Waals surface area contributed by atoms with Gasteiger partial charge in [-0.3, -0.25) is 4.79 Å². The maximum absolute atomic E-state index is 12.2. The minimum atomic E-state index is -0.197. The van der Waals surface area contributed by atoms with Crippen molar-refractivity contribution in [2.24, 2.45) is 0 Å². The third-order valence-corrected chi connectivity index (χ3v) is 4.56. The molecule has 1 fully saturated rings. The standard InChI is InChI=1S/C18H21ClN4O/c19-16-8-4-3-7-14(16)11-20-17(24)15-12-21-18(22-13-15)23-9-5-1-2-6-10-23/h3-4,7-8,12-13H,1-2,5-6,9-11H2,(H,20,24). The van der Waals surface area contributed by atoms with Gasteiger partial charge in [-0.15, -0.1) is 0 Å². The van der Waals surface area contributed by atoms with Crippen molar-refractivity contribution in [1.29, 1.82) is 0 Å². The zero-order valence-electron chi connectivity index (χ0n) is 13.5. The average molecular weight is 345 g/mol. The van der Waals surface area contributed by atoms with Gasteiger partial charge in [0, 0.05) is 37.1 Å². The zero-order valence-corrected chi connectivity index (χ0v) is 14.3. The van der Waals surface area contributed by atoms with Gasteiger partial charge in [-0.05, 0) is 24.5 Å². The van der Waals surface area contributed by atoms with Crippen LogP contribution in [0.5, 0.6) is 0 Å². The van der Waals surface area contributed by atoms with Crippen LogP contribution in [-0.4, -0.2) is 29.0 Å². The molecule has 0 unspecified atom stereocenters. The highest BCUT2D eigenvalue weighted by Gasteiger charge is 2.13. The average Bonchev–Trinajstić information content (AvgIpc) is 2.90. The van der Waals surface area contributed by atoms with Crippen LogP contribution in [0.1, 0.15) is 41.6 Å². The van der Waals surface area contributed by atoms with Crippen molar-refractivity contribution in [2.75, 3.05) is 18.0 Å². The Labute approximate surface area is 147 Å². The predicted octanol–water partition coefficient (Wildman–Crippen LogP) is 3.44. The molecular weight excluding hydrogens is 324 g/mol. The summed E-state index contributed by atoms with van der Waals surface area (Å²) in [4.78, 5) is 23.1. The first-order chi connectivity index (χ1) is 11.7. The maximum Gasteiger partial charge on any atom is 0.254 e. The topological polar surface area (TPSA) is 58.1 Å². The molecule has 1 saturated heterocycles. The van der Waals surface area contributed by atoms with Crippen molar-refractivity contribution >= 4 is 23.5 Å². The minimum Gasteiger partial charge on any atom is -0.348 e. The van der Waals surface area contributed by atoms with Crippen LogP contribution in [0, 0.1) is 0 Å². The highest BCUT2D eigenvalue weighted by atomic mass is 35.5. The van der Waals surface area contributed by atoms with Crippen LogP contribution in [0.15, 0.2) is 36.7 Å². The van der Waals surface area contributed by atoms with Gasteiger partial charge in [-0.1, -0.05) is 42.6 Å². The smallest absolute Gasteiger partial charge is 0.254 e. The molecule has 0 bridgehead atoms. The largest absolute Gasteiger partial charge is 0.348 e. The molecule has 2 aromatic rings. The molecule has 6 heteroatoms. The van der Waals surface area contributed by atoms with E-state index < -0.39 is 0 Å². The summed E-state index contributed by atoms with van der Waals surface area (Å²) in [6.07, 6.45) is 8.05. The van der Waals surface area contributed by atoms with Crippen LogP contribution in [0.3, 0.4) is 0 Å². The molecule has 1 N–H and O–H groups in total. The SMILES string of the molecule is O=C(NCc1ccccc1Cl)c1cnc(N2CCCCCC2)nc1. The summed E-state index contributed by atoms with van der Waals surface area (Å²) < 4.78 is 0. The number of hydrogen-bond acceptors (Lipinski definition) is 4. The summed E-state index contributed by atoms with van der Waals surface area (Å²) in [5.74, 6) is 0.511. The van der Waals surface area contributed by atoms with Gasteiger partial charge in [-0.25, -0.2) is 9.97 Å². The number of anilines is 1. The zero-order chi connectivity index (χ0) is 16.8. The van der Waals surface area contributed by atoms with E-state index in [0.29, 0.717) is 23.1 Å². The molecule has 0 spiro atoms. The van der Waals surface area contributed by atoms with Crippen LogP contribution in [-0.2, 0) is 6.54 Å². The number of amides is 1. The molecule has 1 aliphatic heterocycles. The normalized spacial score (nSPS) is 15.0. The molecule has 1 aromatic heterocycles. The second-order valence-electron chi connectivity index (χ2n) is 5.95. The first-order valence-electron chi connectivity index (χ1n) is 8.32. The fourth-order valence-electron chi connectivity index (χ4n) is 2.79. The molecule has 5 nitrogen and oxygen atoms in total. The van der Waals surface area contributed by atoms with Crippen LogP contribution in [0.4, 0.5) is 5.95 Å². The second kappa shape index (κ2) is 8.11. The molecule has 24 heavy (non-hydrogen) atoms. The summed E-state index contributed by atoms with van der Waals surface area (Å²) in [6.45, 7) is 2.35. The van der Waals surface area contributed by atoms with E-state index in [4.69, 9.17) is 11.6 Å². The highest BCUT2D eigenvalue weighted by Crippen LogP contribution is 2.16. The molecule has 0 radical (unpaired) electrons. The van der Waals surface area contributed by atoms with E-state index in [1.165, 1.54) is 25.7 Å². The van der Waals surface area contributed by atoms with Gasteiger partial charge < -0.3 is 10.2 Å². The minimum absolute atomic E-state index is 0.197. The number of aromatic nitrogens is 2. The van der Waals surface area contributed by atoms with Crippen molar-refractivity contribution in [3.8, 4) is 0 Å². The quantitative estimate of drug-likeness (QED) is 0.923. The summed E-state index contributed by atoms with van der Waals surface area (Å²) in [6, 6.07) is 7.46. The Morgan fingerprint density at radius 3 is 2.42 bits per heavy atom. The number of carbonyl (C=O) groups excluding carboxylic acids is 1. The first kappa shape index (κ1) is 16.7. The van der Waals surface area contributed by atoms with Gasteiger partial charge >= 0.3 is 0 Å². The lowest BCUT2D eigenvalue weighted by molar-refractivity contribution is 0.0950. The molecule has 2 heterocycles. The molecular formula is C18H21ClN4O. The van der Waals surface area contributed by atoms with Crippen LogP contribution >= 0.6 is 11.6 Å². The number of halogens is 1. The fraction of sp³-hybridized carbons (Fsp3) is 0.389. The Morgan fingerprint density at radius 1 is 1.08 bits per heavy atom. The molecule has 0 saturated carbocycles. The van der Waals surface area contributed by atoms with Gasteiger partial charge in [0.15, 0.2) is 0 Å². The lowest BCUT2D eigenvalue weighted by Gasteiger charge is -2.19. The van der Waals surface area contributed by atoms with Crippen LogP contribution in [0.25, 0.3) is 0 Å². The van der Waals surface area contributed by atoms with Crippen molar-refractivity contribution in [3.05, 3.63) is 52.8 Å². The Hall–Kier alpha value is -2.14. The summed E-state index contributed by atoms with van der Waals surface area (Å²) >= 11 is 6.09. The third-order valence-electron chi connectivity index (χ3n) is 4.19. The van der Waals surface area contributed by atoms with E-state index in [9.17, 15) is 4.79 Å². The number of carbonyl (C=O) groups is 1. The van der Waals surface area contributed by atoms with Crippen LogP contribution in [0.2, 0.25) is 5.02 Å². The monoisotopic (exact) mass is 344 g/mol. The Bertz CT molecular complexity index is 682. The number of benzene rings is 1. The van der Waals surface area contributed by atoms with Crippen molar-refractivity contribution in [2.45, 2.75) is 32.2 Å². The van der Waals surface area contributed by atoms with Crippen molar-refractivity contribution in [3.63, 3.8) is 0 Å². The van der Waals surface area contributed by atoms with Crippen molar-refractivity contribution in [1.82, 2.24) is 15.3 Å². The van der Waals surface area contributed by atoms with Crippen molar-refractivity contribution < 1.29 is 4.79 Å².